The minimum atomic E-state index is 0.0599. The van der Waals surface area contributed by atoms with Gasteiger partial charge in [-0.25, -0.2) is 4.98 Å². The highest BCUT2D eigenvalue weighted by Gasteiger charge is 2.29. The van der Waals surface area contributed by atoms with Gasteiger partial charge in [-0.1, -0.05) is 0 Å². The van der Waals surface area contributed by atoms with Gasteiger partial charge < -0.3 is 10.6 Å². The Kier molecular flexibility index (Phi) is 2.33. The van der Waals surface area contributed by atoms with Crippen LogP contribution < -0.4 is 10.6 Å². The van der Waals surface area contributed by atoms with Crippen molar-refractivity contribution in [3.8, 4) is 0 Å². The van der Waals surface area contributed by atoms with Gasteiger partial charge in [0.05, 0.1) is 5.69 Å². The summed E-state index contributed by atoms with van der Waals surface area (Å²) in [5, 5.41) is 0.0992. The maximum atomic E-state index is 11.5. The zero-order valence-electron chi connectivity index (χ0n) is 7.55. The molecule has 1 atom stereocenters. The highest BCUT2D eigenvalue weighted by molar-refractivity contribution is 7.81. The summed E-state index contributed by atoms with van der Waals surface area (Å²) in [7, 11) is 0. The molecule has 0 aromatic carbocycles. The highest BCUT2D eigenvalue weighted by atomic mass is 32.1. The van der Waals surface area contributed by atoms with E-state index in [9.17, 15) is 4.79 Å². The Hall–Kier alpha value is -1.23. The van der Waals surface area contributed by atoms with Crippen molar-refractivity contribution in [2.45, 2.75) is 11.7 Å². The van der Waals surface area contributed by atoms with Gasteiger partial charge in [-0.3, -0.25) is 4.79 Å². The molecule has 0 spiro atoms. The third kappa shape index (κ3) is 1.55. The Balaban J connectivity index is 2.32. The summed E-state index contributed by atoms with van der Waals surface area (Å²) in [5.41, 5.74) is 6.37. The summed E-state index contributed by atoms with van der Waals surface area (Å²) in [6, 6.07) is 3.57. The van der Waals surface area contributed by atoms with E-state index in [1.54, 1.807) is 23.2 Å². The number of pyridine rings is 1. The van der Waals surface area contributed by atoms with E-state index in [0.29, 0.717) is 24.5 Å². The van der Waals surface area contributed by atoms with Crippen LogP contribution in [0.4, 0.5) is 11.5 Å². The Morgan fingerprint density at radius 2 is 2.43 bits per heavy atom. The van der Waals surface area contributed by atoms with Gasteiger partial charge in [-0.05, 0) is 12.1 Å². The van der Waals surface area contributed by atoms with Crippen LogP contribution in [0.15, 0.2) is 18.3 Å². The number of rotatable bonds is 1. The molecule has 2 rings (SSSR count). The molecule has 1 aliphatic heterocycles. The predicted octanol–water partition coefficient (Wildman–Crippen LogP) is 0.699. The van der Waals surface area contributed by atoms with Crippen molar-refractivity contribution in [1.82, 2.24) is 4.98 Å². The maximum absolute atomic E-state index is 11.5. The minimum Gasteiger partial charge on any atom is -0.382 e. The van der Waals surface area contributed by atoms with Gasteiger partial charge in [-0.15, -0.1) is 0 Å². The van der Waals surface area contributed by atoms with E-state index in [0.717, 1.165) is 0 Å². The Morgan fingerprint density at radius 3 is 3.00 bits per heavy atom. The largest absolute Gasteiger partial charge is 0.382 e. The van der Waals surface area contributed by atoms with E-state index in [4.69, 9.17) is 5.73 Å². The second-order valence-corrected chi connectivity index (χ2v) is 4.00. The summed E-state index contributed by atoms with van der Waals surface area (Å²) in [5.74, 6) is 0.452. The molecule has 1 amide bonds. The van der Waals surface area contributed by atoms with Crippen LogP contribution in [-0.2, 0) is 4.79 Å². The van der Waals surface area contributed by atoms with E-state index < -0.39 is 0 Å². The summed E-state index contributed by atoms with van der Waals surface area (Å²) in [4.78, 5) is 17.1. The number of anilines is 2. The summed E-state index contributed by atoms with van der Waals surface area (Å²) < 4.78 is 0. The second kappa shape index (κ2) is 3.49. The van der Waals surface area contributed by atoms with Crippen molar-refractivity contribution in [3.63, 3.8) is 0 Å². The third-order valence-electron chi connectivity index (χ3n) is 2.21. The zero-order valence-corrected chi connectivity index (χ0v) is 8.45. The zero-order chi connectivity index (χ0) is 10.1. The van der Waals surface area contributed by atoms with Gasteiger partial charge in [-0.2, -0.15) is 12.6 Å². The first-order valence-electron chi connectivity index (χ1n) is 4.37. The van der Waals surface area contributed by atoms with Crippen LogP contribution in [0.1, 0.15) is 6.42 Å². The topological polar surface area (TPSA) is 59.2 Å². The minimum absolute atomic E-state index is 0.0599. The average molecular weight is 209 g/mol. The molecule has 1 aliphatic rings. The van der Waals surface area contributed by atoms with Crippen LogP contribution >= 0.6 is 12.6 Å². The van der Waals surface area contributed by atoms with E-state index >= 15 is 0 Å². The molecular weight excluding hydrogens is 198 g/mol. The van der Waals surface area contributed by atoms with Crippen LogP contribution in [-0.4, -0.2) is 22.7 Å². The lowest BCUT2D eigenvalue weighted by molar-refractivity contribution is -0.117. The summed E-state index contributed by atoms with van der Waals surface area (Å²) >= 11 is 4.27. The van der Waals surface area contributed by atoms with Gasteiger partial charge in [0.2, 0.25) is 5.91 Å². The second-order valence-electron chi connectivity index (χ2n) is 3.27. The number of nitrogens with two attached hydrogens (primary N) is 1. The summed E-state index contributed by atoms with van der Waals surface area (Å²) in [6.07, 6.45) is 2.08. The Labute approximate surface area is 87.5 Å². The molecule has 1 fully saturated rings. The number of carbonyl (C=O) groups excluding carboxylic acids is 1. The molecule has 2 N–H and O–H groups in total. The molecule has 2 heterocycles. The van der Waals surface area contributed by atoms with Crippen LogP contribution in [0.5, 0.6) is 0 Å². The number of nitrogens with zero attached hydrogens (tertiary/aromatic N) is 2. The number of aromatic nitrogens is 1. The van der Waals surface area contributed by atoms with Crippen LogP contribution in [0.3, 0.4) is 0 Å². The van der Waals surface area contributed by atoms with Gasteiger partial charge >= 0.3 is 0 Å². The predicted molar refractivity (Wildman–Crippen MR) is 58.4 cm³/mol. The van der Waals surface area contributed by atoms with Crippen molar-refractivity contribution in [2.75, 3.05) is 17.2 Å². The Bertz CT molecular complexity index is 369. The molecular formula is C9H11N3OS. The number of thiol groups is 1. The van der Waals surface area contributed by atoms with E-state index in [2.05, 4.69) is 17.6 Å². The molecule has 1 unspecified atom stereocenters. The van der Waals surface area contributed by atoms with Gasteiger partial charge in [0, 0.05) is 24.4 Å². The van der Waals surface area contributed by atoms with Crippen LogP contribution in [0.25, 0.3) is 0 Å². The van der Waals surface area contributed by atoms with Crippen molar-refractivity contribution in [3.05, 3.63) is 18.3 Å². The maximum Gasteiger partial charge on any atom is 0.228 e. The first-order chi connectivity index (χ1) is 6.68. The van der Waals surface area contributed by atoms with Gasteiger partial charge in [0.25, 0.3) is 0 Å². The molecule has 0 saturated carbocycles. The molecule has 4 nitrogen and oxygen atoms in total. The molecule has 0 radical (unpaired) electrons. The van der Waals surface area contributed by atoms with Crippen molar-refractivity contribution in [2.24, 2.45) is 0 Å². The summed E-state index contributed by atoms with van der Waals surface area (Å²) in [6.45, 7) is 0.609. The fourth-order valence-electron chi connectivity index (χ4n) is 1.56. The average Bonchev–Trinajstić information content (AvgIpc) is 2.46. The first-order valence-corrected chi connectivity index (χ1v) is 4.89. The molecule has 5 heteroatoms. The quantitative estimate of drug-likeness (QED) is 0.669. The van der Waals surface area contributed by atoms with Crippen LogP contribution in [0, 0.1) is 0 Å². The molecule has 1 saturated heterocycles. The van der Waals surface area contributed by atoms with E-state index in [-0.39, 0.29) is 11.2 Å². The molecule has 74 valence electrons. The lowest BCUT2D eigenvalue weighted by Crippen LogP contribution is -2.25. The fraction of sp³-hybridized carbons (Fsp3) is 0.333. The standard InChI is InChI=1S/C9H11N3OS/c10-9-7(2-1-3-11-9)12-5-6(14)4-8(12)13/h1-3,6,14H,4-5H2,(H2,10,11). The monoisotopic (exact) mass is 209 g/mol. The number of carbonyl (C=O) groups is 1. The molecule has 0 aliphatic carbocycles. The Morgan fingerprint density at radius 1 is 1.64 bits per heavy atom. The number of hydrogen-bond acceptors (Lipinski definition) is 4. The highest BCUT2D eigenvalue weighted by Crippen LogP contribution is 2.27. The number of nitrogen functional groups attached to an aromatic ring is 1. The molecule has 0 bridgehead atoms. The molecule has 1 aromatic rings. The first kappa shape index (κ1) is 9.33. The normalized spacial score (nSPS) is 21.6. The van der Waals surface area contributed by atoms with E-state index in [1.165, 1.54) is 0 Å². The van der Waals surface area contributed by atoms with Crippen molar-refractivity contribution in [1.29, 1.82) is 0 Å². The number of hydrogen-bond donors (Lipinski definition) is 2. The molecule has 14 heavy (non-hydrogen) atoms. The van der Waals surface area contributed by atoms with E-state index in [1.807, 2.05) is 0 Å². The SMILES string of the molecule is Nc1ncccc1N1CC(S)CC1=O. The van der Waals surface area contributed by atoms with Gasteiger partial charge in [0.1, 0.15) is 5.82 Å². The molecule has 1 aromatic heterocycles. The third-order valence-corrected chi connectivity index (χ3v) is 2.56. The number of amides is 1. The lowest BCUT2D eigenvalue weighted by Gasteiger charge is -2.16. The lowest BCUT2D eigenvalue weighted by atomic mass is 10.3. The van der Waals surface area contributed by atoms with Crippen molar-refractivity contribution >= 4 is 30.0 Å². The van der Waals surface area contributed by atoms with Gasteiger partial charge in [0.15, 0.2) is 0 Å². The smallest absolute Gasteiger partial charge is 0.228 e. The van der Waals surface area contributed by atoms with Crippen molar-refractivity contribution < 1.29 is 4.79 Å². The fourth-order valence-corrected chi connectivity index (χ4v) is 1.88. The van der Waals surface area contributed by atoms with Crippen LogP contribution in [0.2, 0.25) is 0 Å².